The zero-order valence-electron chi connectivity index (χ0n) is 16.9. The molecule has 0 saturated heterocycles. The van der Waals surface area contributed by atoms with Crippen LogP contribution in [0, 0.1) is 28.9 Å². The van der Waals surface area contributed by atoms with Crippen molar-refractivity contribution in [3.63, 3.8) is 0 Å². The van der Waals surface area contributed by atoms with Crippen LogP contribution in [0.2, 0.25) is 0 Å². The molecule has 2 aromatic heterocycles. The molecule has 0 bridgehead atoms. The minimum absolute atomic E-state index is 0.231. The first kappa shape index (κ1) is 20.6. The van der Waals surface area contributed by atoms with E-state index in [1.165, 1.54) is 44.4 Å². The predicted octanol–water partition coefficient (Wildman–Crippen LogP) is 4.97. The van der Waals surface area contributed by atoms with Crippen molar-refractivity contribution in [1.82, 2.24) is 19.6 Å². The monoisotopic (exact) mass is 427 g/mol. The summed E-state index contributed by atoms with van der Waals surface area (Å²) in [6.07, 6.45) is -1.18. The molecule has 2 aromatic carbocycles. The molecule has 0 amide bonds. The van der Waals surface area contributed by atoms with Crippen molar-refractivity contribution in [2.45, 2.75) is 20.3 Å². The van der Waals surface area contributed by atoms with Gasteiger partial charge in [-0.1, -0.05) is 11.8 Å². The van der Waals surface area contributed by atoms with E-state index in [0.29, 0.717) is 22.4 Å². The van der Waals surface area contributed by atoms with Crippen molar-refractivity contribution in [1.29, 1.82) is 0 Å². The van der Waals surface area contributed by atoms with Gasteiger partial charge in [-0.15, -0.1) is 10.2 Å². The van der Waals surface area contributed by atoms with Gasteiger partial charge in [0.15, 0.2) is 0 Å². The first-order chi connectivity index (χ1) is 14.7. The summed E-state index contributed by atoms with van der Waals surface area (Å²) in [6.45, 7) is 2.63. The summed E-state index contributed by atoms with van der Waals surface area (Å²) in [5.74, 6) is 4.67. The second kappa shape index (κ2) is 7.54. The van der Waals surface area contributed by atoms with Gasteiger partial charge in [0.25, 0.3) is 12.2 Å². The van der Waals surface area contributed by atoms with Gasteiger partial charge in [0.2, 0.25) is 0 Å². The summed E-state index contributed by atoms with van der Waals surface area (Å²) in [4.78, 5) is 6.00. The summed E-state index contributed by atoms with van der Waals surface area (Å²) in [5.41, 5.74) is -0.323. The lowest BCUT2D eigenvalue weighted by Crippen LogP contribution is -2.19. The molecule has 0 radical (unpaired) electrons. The van der Waals surface area contributed by atoms with Gasteiger partial charge < -0.3 is 4.90 Å². The van der Waals surface area contributed by atoms with Crippen LogP contribution in [0.15, 0.2) is 42.7 Å². The van der Waals surface area contributed by atoms with Crippen LogP contribution in [0.1, 0.15) is 19.4 Å². The number of benzene rings is 2. The average Bonchev–Trinajstić information content (AvgIpc) is 3.19. The van der Waals surface area contributed by atoms with Crippen LogP contribution in [-0.4, -0.2) is 33.1 Å². The minimum atomic E-state index is -2.64. The van der Waals surface area contributed by atoms with Crippen molar-refractivity contribution >= 4 is 28.2 Å². The van der Waals surface area contributed by atoms with Gasteiger partial charge in [-0.2, -0.15) is 4.98 Å². The number of hydrogen-bond acceptors (Lipinski definition) is 4. The minimum Gasteiger partial charge on any atom is -0.329 e. The Bertz CT molecular complexity index is 1350. The highest BCUT2D eigenvalue weighted by Crippen LogP contribution is 2.31. The van der Waals surface area contributed by atoms with E-state index < -0.39 is 23.5 Å². The van der Waals surface area contributed by atoms with Crippen LogP contribution in [0.4, 0.5) is 29.1 Å². The Hall–Kier alpha value is -3.67. The maximum absolute atomic E-state index is 14.3. The van der Waals surface area contributed by atoms with Gasteiger partial charge in [-0.3, -0.25) is 4.40 Å². The molecule has 5 nitrogen and oxygen atoms in total. The number of anilines is 2. The Morgan fingerprint density at radius 3 is 2.58 bits per heavy atom. The van der Waals surface area contributed by atoms with Gasteiger partial charge in [-0.25, -0.2) is 17.6 Å². The van der Waals surface area contributed by atoms with E-state index in [2.05, 4.69) is 27.0 Å². The van der Waals surface area contributed by atoms with Gasteiger partial charge in [0.05, 0.1) is 10.9 Å². The number of rotatable bonds is 3. The molecule has 0 aliphatic rings. The van der Waals surface area contributed by atoms with Crippen LogP contribution < -0.4 is 4.90 Å². The van der Waals surface area contributed by atoms with Gasteiger partial charge >= 0.3 is 0 Å². The molecular weight excluding hydrogens is 410 g/mol. The van der Waals surface area contributed by atoms with Crippen LogP contribution in [0.25, 0.3) is 16.7 Å². The SMILES string of the molecule is CN(c1cc(F)cc(C#CC(C)(C)C(F)F)c1)c1nc2nncn2c2ccc(F)cc12. The maximum atomic E-state index is 14.3. The Morgan fingerprint density at radius 1 is 1.06 bits per heavy atom. The molecule has 0 aliphatic carbocycles. The number of nitrogens with zero attached hydrogens (tertiary/aromatic N) is 5. The number of halogens is 4. The second-order valence-corrected chi connectivity index (χ2v) is 7.63. The molecule has 0 spiro atoms. The molecule has 0 unspecified atom stereocenters. The largest absolute Gasteiger partial charge is 0.329 e. The summed E-state index contributed by atoms with van der Waals surface area (Å²) in [6, 6.07) is 8.18. The van der Waals surface area contributed by atoms with E-state index in [0.717, 1.165) is 0 Å². The van der Waals surface area contributed by atoms with E-state index in [4.69, 9.17) is 0 Å². The molecule has 9 heteroatoms. The van der Waals surface area contributed by atoms with Crippen molar-refractivity contribution in [2.24, 2.45) is 5.41 Å². The van der Waals surface area contributed by atoms with Crippen molar-refractivity contribution in [3.05, 3.63) is 59.9 Å². The fourth-order valence-electron chi connectivity index (χ4n) is 3.03. The van der Waals surface area contributed by atoms with E-state index in [1.807, 2.05) is 0 Å². The fourth-order valence-corrected chi connectivity index (χ4v) is 3.03. The van der Waals surface area contributed by atoms with Crippen LogP contribution in [0.5, 0.6) is 0 Å². The number of hydrogen-bond donors (Lipinski definition) is 0. The maximum Gasteiger partial charge on any atom is 0.257 e. The van der Waals surface area contributed by atoms with E-state index in [1.54, 1.807) is 28.5 Å². The highest BCUT2D eigenvalue weighted by atomic mass is 19.3. The predicted molar refractivity (Wildman–Crippen MR) is 109 cm³/mol. The summed E-state index contributed by atoms with van der Waals surface area (Å²) >= 11 is 0. The van der Waals surface area contributed by atoms with Crippen molar-refractivity contribution in [2.75, 3.05) is 11.9 Å². The first-order valence-electron chi connectivity index (χ1n) is 9.30. The topological polar surface area (TPSA) is 46.3 Å². The number of fused-ring (bicyclic) bond motifs is 3. The van der Waals surface area contributed by atoms with Gasteiger partial charge in [-0.05, 0) is 50.2 Å². The molecule has 0 fully saturated rings. The quantitative estimate of drug-likeness (QED) is 0.342. The first-order valence-corrected chi connectivity index (χ1v) is 9.30. The Morgan fingerprint density at radius 2 is 1.84 bits per heavy atom. The third kappa shape index (κ3) is 3.89. The molecule has 0 aliphatic heterocycles. The third-order valence-corrected chi connectivity index (χ3v) is 4.86. The van der Waals surface area contributed by atoms with Gasteiger partial charge in [0, 0.05) is 23.7 Å². The highest BCUT2D eigenvalue weighted by Gasteiger charge is 2.27. The molecular formula is C22H17F4N5. The molecule has 0 atom stereocenters. The van der Waals surface area contributed by atoms with Crippen LogP contribution in [-0.2, 0) is 0 Å². The molecule has 4 aromatic rings. The standard InChI is InChI=1S/C22H17F4N5/c1-22(2,20(25)26)7-6-13-8-15(24)10-16(9-13)30(3)19-17-11-14(23)4-5-18(17)31-12-27-29-21(31)28-19/h4-5,8-12,20H,1-3H3. The van der Waals surface area contributed by atoms with E-state index in [9.17, 15) is 17.6 Å². The highest BCUT2D eigenvalue weighted by molar-refractivity contribution is 5.93. The fraction of sp³-hybridized carbons (Fsp3) is 0.227. The lowest BCUT2D eigenvalue weighted by molar-refractivity contribution is 0.0570. The van der Waals surface area contributed by atoms with Crippen molar-refractivity contribution < 1.29 is 17.6 Å². The van der Waals surface area contributed by atoms with E-state index in [-0.39, 0.29) is 11.3 Å². The molecule has 0 saturated carbocycles. The van der Waals surface area contributed by atoms with E-state index >= 15 is 0 Å². The number of aromatic nitrogens is 4. The Kier molecular flexibility index (Phi) is 5.01. The summed E-state index contributed by atoms with van der Waals surface area (Å²) < 4.78 is 56.1. The smallest absolute Gasteiger partial charge is 0.257 e. The Labute approximate surface area is 175 Å². The zero-order chi connectivity index (χ0) is 22.3. The lowest BCUT2D eigenvalue weighted by atomic mass is 9.95. The summed E-state index contributed by atoms with van der Waals surface area (Å²) in [5, 5.41) is 8.25. The zero-order valence-corrected chi connectivity index (χ0v) is 16.9. The van der Waals surface area contributed by atoms with Crippen LogP contribution in [0.3, 0.4) is 0 Å². The van der Waals surface area contributed by atoms with Gasteiger partial charge in [0.1, 0.15) is 23.8 Å². The molecule has 2 heterocycles. The molecule has 31 heavy (non-hydrogen) atoms. The molecule has 158 valence electrons. The average molecular weight is 427 g/mol. The van der Waals surface area contributed by atoms with Crippen LogP contribution >= 0.6 is 0 Å². The summed E-state index contributed by atoms with van der Waals surface area (Å²) in [7, 11) is 1.63. The van der Waals surface area contributed by atoms with Crippen molar-refractivity contribution in [3.8, 4) is 11.8 Å². The molecule has 4 rings (SSSR count). The second-order valence-electron chi connectivity index (χ2n) is 7.63. The third-order valence-electron chi connectivity index (χ3n) is 4.86. The Balaban J connectivity index is 1.84. The normalized spacial score (nSPS) is 11.7. The number of alkyl halides is 2. The lowest BCUT2D eigenvalue weighted by Gasteiger charge is -2.21. The molecule has 0 N–H and O–H groups in total.